The summed E-state index contributed by atoms with van der Waals surface area (Å²) in [6.07, 6.45) is 2.86. The molecule has 3 aromatic rings. The van der Waals surface area contributed by atoms with Crippen LogP contribution < -0.4 is 9.47 Å². The predicted molar refractivity (Wildman–Crippen MR) is 123 cm³/mol. The summed E-state index contributed by atoms with van der Waals surface area (Å²) in [5, 5.41) is 1.49. The molecule has 5 nitrogen and oxygen atoms in total. The lowest BCUT2D eigenvalue weighted by atomic mass is 10.1. The van der Waals surface area contributed by atoms with Gasteiger partial charge in [0.1, 0.15) is 5.15 Å². The second kappa shape index (κ2) is 9.15. The van der Waals surface area contributed by atoms with E-state index >= 15 is 0 Å². The summed E-state index contributed by atoms with van der Waals surface area (Å²) >= 11 is 6.53. The first kappa shape index (κ1) is 21.4. The number of fused-ring (bicyclic) bond motifs is 1. The molecule has 0 saturated heterocycles. The number of halogens is 1. The lowest BCUT2D eigenvalue weighted by molar-refractivity contribution is -0.133. The van der Waals surface area contributed by atoms with Crippen molar-refractivity contribution in [2.75, 3.05) is 14.2 Å². The summed E-state index contributed by atoms with van der Waals surface area (Å²) in [5.41, 5.74) is 3.95. The molecule has 0 N–H and O–H groups in total. The van der Waals surface area contributed by atoms with Crippen molar-refractivity contribution < 1.29 is 14.3 Å². The van der Waals surface area contributed by atoms with Gasteiger partial charge in [0.15, 0.2) is 11.5 Å². The van der Waals surface area contributed by atoms with Crippen molar-refractivity contribution >= 4 is 28.4 Å². The number of aryl methyl sites for hydroxylation is 1. The van der Waals surface area contributed by atoms with Gasteiger partial charge >= 0.3 is 0 Å². The van der Waals surface area contributed by atoms with Crippen molar-refractivity contribution in [2.45, 2.75) is 39.3 Å². The molecular formula is C25H27ClN2O3. The Bertz CT molecular complexity index is 1110. The second-order valence-corrected chi connectivity index (χ2v) is 8.33. The van der Waals surface area contributed by atoms with Crippen LogP contribution in [0.15, 0.2) is 42.5 Å². The Morgan fingerprint density at radius 1 is 1.03 bits per heavy atom. The van der Waals surface area contributed by atoms with Crippen molar-refractivity contribution in [3.05, 3.63) is 64.3 Å². The van der Waals surface area contributed by atoms with E-state index in [0.29, 0.717) is 29.7 Å². The lowest BCUT2D eigenvalue weighted by Gasteiger charge is -2.24. The molecule has 0 spiro atoms. The normalized spacial score (nSPS) is 13.3. The van der Waals surface area contributed by atoms with E-state index in [1.807, 2.05) is 29.2 Å². The average molecular weight is 439 g/mol. The quantitative estimate of drug-likeness (QED) is 0.441. The number of rotatable bonds is 8. The molecule has 1 aliphatic carbocycles. The summed E-state index contributed by atoms with van der Waals surface area (Å²) in [6, 6.07) is 14.0. The van der Waals surface area contributed by atoms with Gasteiger partial charge in [-0.2, -0.15) is 0 Å². The molecule has 1 heterocycles. The van der Waals surface area contributed by atoms with Crippen LogP contribution in [0.3, 0.4) is 0 Å². The summed E-state index contributed by atoms with van der Waals surface area (Å²) in [4.78, 5) is 19.5. The van der Waals surface area contributed by atoms with Gasteiger partial charge in [-0.25, -0.2) is 4.98 Å². The molecule has 31 heavy (non-hydrogen) atoms. The number of carbonyl (C=O) groups excluding carboxylic acids is 1. The molecule has 1 fully saturated rings. The van der Waals surface area contributed by atoms with E-state index in [0.717, 1.165) is 41.3 Å². The molecule has 1 aliphatic rings. The van der Waals surface area contributed by atoms with Crippen LogP contribution in [0.25, 0.3) is 10.9 Å². The van der Waals surface area contributed by atoms with Crippen molar-refractivity contribution in [2.24, 2.45) is 5.92 Å². The third-order valence-electron chi connectivity index (χ3n) is 5.73. The first-order chi connectivity index (χ1) is 15.0. The third-order valence-corrected chi connectivity index (χ3v) is 6.06. The average Bonchev–Trinajstić information content (AvgIpc) is 3.63. The highest BCUT2D eigenvalue weighted by molar-refractivity contribution is 6.30. The molecule has 0 radical (unpaired) electrons. The van der Waals surface area contributed by atoms with Crippen LogP contribution in [0.1, 0.15) is 36.5 Å². The Morgan fingerprint density at radius 3 is 2.45 bits per heavy atom. The zero-order valence-electron chi connectivity index (χ0n) is 18.2. The van der Waals surface area contributed by atoms with Crippen LogP contribution in [0.2, 0.25) is 5.15 Å². The van der Waals surface area contributed by atoms with Crippen LogP contribution in [0.4, 0.5) is 0 Å². The Labute approximate surface area is 187 Å². The topological polar surface area (TPSA) is 51.7 Å². The number of methoxy groups -OCH3 is 2. The highest BCUT2D eigenvalue weighted by atomic mass is 35.5. The van der Waals surface area contributed by atoms with E-state index in [4.69, 9.17) is 21.1 Å². The first-order valence-corrected chi connectivity index (χ1v) is 11.0. The van der Waals surface area contributed by atoms with Gasteiger partial charge in [0.2, 0.25) is 5.91 Å². The largest absolute Gasteiger partial charge is 0.493 e. The van der Waals surface area contributed by atoms with Crippen molar-refractivity contribution in [3.63, 3.8) is 0 Å². The molecule has 1 saturated carbocycles. The minimum absolute atomic E-state index is 0.110. The molecule has 0 bridgehead atoms. The lowest BCUT2D eigenvalue weighted by Crippen LogP contribution is -2.31. The van der Waals surface area contributed by atoms with Crippen LogP contribution >= 0.6 is 11.6 Å². The van der Waals surface area contributed by atoms with Gasteiger partial charge < -0.3 is 14.4 Å². The van der Waals surface area contributed by atoms with Crippen LogP contribution in [0.5, 0.6) is 11.5 Å². The molecule has 1 amide bonds. The minimum atomic E-state index is 0.110. The summed E-state index contributed by atoms with van der Waals surface area (Å²) in [7, 11) is 3.22. The summed E-state index contributed by atoms with van der Waals surface area (Å²) < 4.78 is 10.8. The number of amides is 1. The van der Waals surface area contributed by atoms with Crippen LogP contribution in [0, 0.1) is 5.92 Å². The third kappa shape index (κ3) is 4.77. The smallest absolute Gasteiger partial charge is 0.226 e. The number of carbonyl (C=O) groups is 1. The molecule has 0 atom stereocenters. The Balaban J connectivity index is 1.64. The zero-order chi connectivity index (χ0) is 22.0. The van der Waals surface area contributed by atoms with E-state index in [1.54, 1.807) is 14.2 Å². The number of hydrogen-bond donors (Lipinski definition) is 0. The predicted octanol–water partition coefficient (Wildman–Crippen LogP) is 5.41. The zero-order valence-corrected chi connectivity index (χ0v) is 18.9. The first-order valence-electron chi connectivity index (χ1n) is 10.6. The fraction of sp³-hybridized carbons (Fsp3) is 0.360. The van der Waals surface area contributed by atoms with Gasteiger partial charge in [0, 0.05) is 30.0 Å². The monoisotopic (exact) mass is 438 g/mol. The minimum Gasteiger partial charge on any atom is -0.493 e. The highest BCUT2D eigenvalue weighted by Gasteiger charge is 2.33. The van der Waals surface area contributed by atoms with E-state index in [9.17, 15) is 4.79 Å². The van der Waals surface area contributed by atoms with Crippen molar-refractivity contribution in [1.29, 1.82) is 0 Å². The fourth-order valence-electron chi connectivity index (χ4n) is 3.78. The Kier molecular flexibility index (Phi) is 6.33. The Hall–Kier alpha value is -2.79. The van der Waals surface area contributed by atoms with Gasteiger partial charge in [-0.05, 0) is 60.7 Å². The number of hydrogen-bond acceptors (Lipinski definition) is 4. The van der Waals surface area contributed by atoms with Gasteiger partial charge in [-0.15, -0.1) is 0 Å². The van der Waals surface area contributed by atoms with Crippen LogP contribution in [-0.4, -0.2) is 30.0 Å². The van der Waals surface area contributed by atoms with E-state index in [2.05, 4.69) is 30.1 Å². The highest BCUT2D eigenvalue weighted by Crippen LogP contribution is 2.34. The van der Waals surface area contributed by atoms with E-state index in [-0.39, 0.29) is 11.8 Å². The SMILES string of the molecule is CCc1ccc2nc(Cl)c(CN(Cc3ccc(OC)c(OC)c3)C(=O)C3CC3)cc2c1. The Morgan fingerprint density at radius 2 is 1.77 bits per heavy atom. The van der Waals surface area contributed by atoms with E-state index in [1.165, 1.54) is 5.56 Å². The summed E-state index contributed by atoms with van der Waals surface area (Å²) in [5.74, 6) is 1.59. The van der Waals surface area contributed by atoms with Crippen LogP contribution in [-0.2, 0) is 24.3 Å². The van der Waals surface area contributed by atoms with Crippen molar-refractivity contribution in [1.82, 2.24) is 9.88 Å². The molecule has 0 unspecified atom stereocenters. The number of pyridine rings is 1. The van der Waals surface area contributed by atoms with Crippen molar-refractivity contribution in [3.8, 4) is 11.5 Å². The summed E-state index contributed by atoms with van der Waals surface area (Å²) in [6.45, 7) is 3.02. The number of nitrogens with zero attached hydrogens (tertiary/aromatic N) is 2. The maximum absolute atomic E-state index is 13.1. The number of ether oxygens (including phenoxy) is 2. The fourth-order valence-corrected chi connectivity index (χ4v) is 3.99. The van der Waals surface area contributed by atoms with Gasteiger partial charge in [0.05, 0.1) is 19.7 Å². The van der Waals surface area contributed by atoms with Gasteiger partial charge in [0.25, 0.3) is 0 Å². The second-order valence-electron chi connectivity index (χ2n) is 7.98. The molecule has 162 valence electrons. The standard InChI is InChI=1S/C25H27ClN2O3/c1-4-16-5-9-21-19(11-16)13-20(24(26)27-21)15-28(25(29)18-7-8-18)14-17-6-10-22(30-2)23(12-17)31-3/h5-6,9-13,18H,4,7-8,14-15H2,1-3H3. The number of aromatic nitrogens is 1. The number of benzene rings is 2. The van der Waals surface area contributed by atoms with Gasteiger partial charge in [-0.1, -0.05) is 30.7 Å². The molecule has 4 rings (SSSR count). The molecule has 0 aliphatic heterocycles. The van der Waals surface area contributed by atoms with Gasteiger partial charge in [-0.3, -0.25) is 4.79 Å². The van der Waals surface area contributed by atoms with E-state index < -0.39 is 0 Å². The molecule has 1 aromatic heterocycles. The molecular weight excluding hydrogens is 412 g/mol. The maximum atomic E-state index is 13.1. The maximum Gasteiger partial charge on any atom is 0.226 e. The molecule has 2 aromatic carbocycles. The molecule has 6 heteroatoms.